The third kappa shape index (κ3) is 12.6. The second-order valence-corrected chi connectivity index (χ2v) is 9.78. The molecule has 15 nitrogen and oxygen atoms in total. The number of non-ortho nitro benzene ring substituents is 2. The van der Waals surface area contributed by atoms with Gasteiger partial charge in [0.05, 0.1) is 114 Å². The molecule has 2 aromatic rings. The first-order valence-electron chi connectivity index (χ1n) is 13.4. The molecule has 0 aromatic heterocycles. The zero-order valence-corrected chi connectivity index (χ0v) is 25.0. The first-order chi connectivity index (χ1) is 20.8. The van der Waals surface area contributed by atoms with Gasteiger partial charge in [0, 0.05) is 27.7 Å². The fraction of sp³-hybridized carbons (Fsp3) is 0.519. The lowest BCUT2D eigenvalue weighted by Crippen LogP contribution is -2.16. The van der Waals surface area contributed by atoms with Crippen LogP contribution >= 0.6 is 15.9 Å². The molecule has 2 aromatic carbocycles. The molecular weight excluding hydrogens is 640 g/mol. The number of rotatable bonds is 4. The summed E-state index contributed by atoms with van der Waals surface area (Å²) in [6.45, 7) is 4.32. The topological polar surface area (TPSA) is 177 Å². The van der Waals surface area contributed by atoms with E-state index in [-0.39, 0.29) is 51.0 Å². The predicted molar refractivity (Wildman–Crippen MR) is 152 cm³/mol. The summed E-state index contributed by atoms with van der Waals surface area (Å²) < 4.78 is 45.2. The van der Waals surface area contributed by atoms with Gasteiger partial charge in [-0.2, -0.15) is 0 Å². The summed E-state index contributed by atoms with van der Waals surface area (Å²) in [5.74, 6) is -0.926. The van der Waals surface area contributed by atoms with Gasteiger partial charge in [0.2, 0.25) is 0 Å². The van der Waals surface area contributed by atoms with E-state index in [0.717, 1.165) is 18.2 Å². The van der Waals surface area contributed by atoms with Crippen LogP contribution in [0.2, 0.25) is 0 Å². The molecule has 0 aliphatic carbocycles. The summed E-state index contributed by atoms with van der Waals surface area (Å²) in [7, 11) is 0. The summed E-state index contributed by atoms with van der Waals surface area (Å²) in [5, 5.41) is 22.6. The number of fused-ring (bicyclic) bond motifs is 2. The van der Waals surface area contributed by atoms with Crippen molar-refractivity contribution in [2.75, 3.05) is 79.3 Å². The lowest BCUT2D eigenvalue weighted by Gasteiger charge is -2.17. The van der Waals surface area contributed by atoms with Gasteiger partial charge >= 0.3 is 5.97 Å². The Morgan fingerprint density at radius 3 is 1.30 bits per heavy atom. The molecule has 236 valence electrons. The molecule has 3 rings (SSSR count). The van der Waals surface area contributed by atoms with E-state index in [1.807, 2.05) is 0 Å². The van der Waals surface area contributed by atoms with Gasteiger partial charge in [-0.15, -0.1) is 0 Å². The standard InChI is InChI=1S/C27H33BrN2O13/c28-23-13-21-18-41-11-9-39-7-5-37-3-1-36-2-4-38-6-8-40-10-12-42-19-22(14-23)26(21)43-27(31)20-15-24(29(32)33)17-25(16-20)30(34)35/h13-17H,1-12,18-19H2. The van der Waals surface area contributed by atoms with Crippen LogP contribution in [0, 0.1) is 20.2 Å². The summed E-state index contributed by atoms with van der Waals surface area (Å²) in [5.41, 5.74) is -0.671. The van der Waals surface area contributed by atoms with Gasteiger partial charge in [0.15, 0.2) is 0 Å². The molecule has 0 fully saturated rings. The van der Waals surface area contributed by atoms with Crippen molar-refractivity contribution >= 4 is 33.3 Å². The molecule has 16 heteroatoms. The number of ether oxygens (including phenoxy) is 8. The molecule has 0 atom stereocenters. The first-order valence-corrected chi connectivity index (χ1v) is 14.2. The summed E-state index contributed by atoms with van der Waals surface area (Å²) in [4.78, 5) is 34.1. The van der Waals surface area contributed by atoms with Gasteiger partial charge in [-0.3, -0.25) is 20.2 Å². The van der Waals surface area contributed by atoms with E-state index in [2.05, 4.69) is 15.9 Å². The Kier molecular flexibility index (Phi) is 15.4. The van der Waals surface area contributed by atoms with Crippen LogP contribution in [0.3, 0.4) is 0 Å². The van der Waals surface area contributed by atoms with Gasteiger partial charge in [-0.05, 0) is 12.1 Å². The Morgan fingerprint density at radius 1 is 0.605 bits per heavy atom. The Morgan fingerprint density at radius 2 is 0.953 bits per heavy atom. The van der Waals surface area contributed by atoms with Crippen LogP contribution in [-0.2, 0) is 46.4 Å². The summed E-state index contributed by atoms with van der Waals surface area (Å²) in [6.07, 6.45) is 0. The van der Waals surface area contributed by atoms with Crippen LogP contribution in [-0.4, -0.2) is 95.1 Å². The van der Waals surface area contributed by atoms with Crippen LogP contribution in [0.4, 0.5) is 11.4 Å². The lowest BCUT2D eigenvalue weighted by molar-refractivity contribution is -0.394. The number of halogens is 1. The van der Waals surface area contributed by atoms with Crippen molar-refractivity contribution in [3.8, 4) is 5.75 Å². The third-order valence-corrected chi connectivity index (χ3v) is 6.17. The van der Waals surface area contributed by atoms with Crippen LogP contribution in [0.5, 0.6) is 5.75 Å². The third-order valence-electron chi connectivity index (χ3n) is 5.71. The first kappa shape index (κ1) is 34.4. The van der Waals surface area contributed by atoms with Gasteiger partial charge < -0.3 is 37.9 Å². The number of carbonyl (C=O) groups is 1. The fourth-order valence-corrected chi connectivity index (χ4v) is 4.27. The van der Waals surface area contributed by atoms with Gasteiger partial charge in [-0.25, -0.2) is 4.79 Å². The van der Waals surface area contributed by atoms with Gasteiger partial charge in [-0.1, -0.05) is 15.9 Å². The van der Waals surface area contributed by atoms with Crippen molar-refractivity contribution in [3.05, 3.63) is 71.7 Å². The van der Waals surface area contributed by atoms with Crippen LogP contribution < -0.4 is 4.74 Å². The molecule has 0 spiro atoms. The van der Waals surface area contributed by atoms with E-state index in [4.69, 9.17) is 37.9 Å². The average Bonchev–Trinajstić information content (AvgIpc) is 2.98. The lowest BCUT2D eigenvalue weighted by atomic mass is 10.1. The van der Waals surface area contributed by atoms with Gasteiger partial charge in [0.25, 0.3) is 11.4 Å². The molecule has 0 unspecified atom stereocenters. The molecule has 1 aliphatic heterocycles. The fourth-order valence-electron chi connectivity index (χ4n) is 3.71. The quantitative estimate of drug-likeness (QED) is 0.199. The summed E-state index contributed by atoms with van der Waals surface area (Å²) >= 11 is 3.45. The van der Waals surface area contributed by atoms with Crippen LogP contribution in [0.1, 0.15) is 21.5 Å². The van der Waals surface area contributed by atoms with E-state index >= 15 is 0 Å². The monoisotopic (exact) mass is 672 g/mol. The smallest absolute Gasteiger partial charge is 0.344 e. The van der Waals surface area contributed by atoms with Crippen molar-refractivity contribution in [2.45, 2.75) is 13.2 Å². The number of nitrogens with zero attached hydrogens (tertiary/aromatic N) is 2. The molecule has 0 saturated carbocycles. The van der Waals surface area contributed by atoms with Crippen molar-refractivity contribution in [1.29, 1.82) is 0 Å². The Hall–Kier alpha value is -3.09. The van der Waals surface area contributed by atoms with Crippen LogP contribution in [0.25, 0.3) is 0 Å². The number of hydrogen-bond acceptors (Lipinski definition) is 13. The maximum Gasteiger partial charge on any atom is 0.344 e. The average molecular weight is 673 g/mol. The molecule has 1 aliphatic rings. The zero-order chi connectivity index (χ0) is 30.9. The molecule has 0 radical (unpaired) electrons. The predicted octanol–water partition coefficient (Wildman–Crippen LogP) is 3.61. The number of hydrogen-bond donors (Lipinski definition) is 0. The van der Waals surface area contributed by atoms with Crippen molar-refractivity contribution < 1.29 is 52.5 Å². The highest BCUT2D eigenvalue weighted by Crippen LogP contribution is 2.32. The Bertz CT molecular complexity index is 1140. The zero-order valence-electron chi connectivity index (χ0n) is 23.4. The van der Waals surface area contributed by atoms with E-state index in [1.165, 1.54) is 0 Å². The van der Waals surface area contributed by atoms with E-state index in [0.29, 0.717) is 68.5 Å². The molecule has 1 heterocycles. The molecule has 0 N–H and O–H groups in total. The molecule has 2 bridgehead atoms. The van der Waals surface area contributed by atoms with E-state index in [1.54, 1.807) is 12.1 Å². The van der Waals surface area contributed by atoms with Crippen molar-refractivity contribution in [2.24, 2.45) is 0 Å². The van der Waals surface area contributed by atoms with Crippen molar-refractivity contribution in [1.82, 2.24) is 0 Å². The molecule has 43 heavy (non-hydrogen) atoms. The maximum atomic E-state index is 13.1. The highest BCUT2D eigenvalue weighted by Gasteiger charge is 2.23. The molecule has 0 amide bonds. The Labute approximate surface area is 255 Å². The Balaban J connectivity index is 1.76. The number of nitro benzene ring substituents is 2. The highest BCUT2D eigenvalue weighted by molar-refractivity contribution is 9.10. The van der Waals surface area contributed by atoms with E-state index < -0.39 is 27.2 Å². The SMILES string of the molecule is O=C(Oc1c2cc(Br)cc1COCCOCCOCCOCCOCCOCCOC2)c1cc([N+](=O)[O-])cc([N+](=O)[O-])c1. The second kappa shape index (κ2) is 19.2. The minimum absolute atomic E-state index is 0.0183. The largest absolute Gasteiger partial charge is 0.422 e. The minimum atomic E-state index is -1.03. The summed E-state index contributed by atoms with van der Waals surface area (Å²) in [6, 6.07) is 5.97. The minimum Gasteiger partial charge on any atom is -0.422 e. The molecule has 0 saturated heterocycles. The number of benzene rings is 2. The number of carbonyl (C=O) groups excluding carboxylic acids is 1. The highest BCUT2D eigenvalue weighted by atomic mass is 79.9. The van der Waals surface area contributed by atoms with Gasteiger partial charge in [0.1, 0.15) is 5.75 Å². The van der Waals surface area contributed by atoms with E-state index in [9.17, 15) is 25.0 Å². The van der Waals surface area contributed by atoms with Crippen LogP contribution in [0.15, 0.2) is 34.8 Å². The second-order valence-electron chi connectivity index (χ2n) is 8.86. The number of esters is 1. The molecular formula is C27H33BrN2O13. The van der Waals surface area contributed by atoms with Crippen molar-refractivity contribution in [3.63, 3.8) is 0 Å². The normalized spacial score (nSPS) is 17.3. The maximum absolute atomic E-state index is 13.1. The number of nitro groups is 2.